The van der Waals surface area contributed by atoms with Crippen molar-refractivity contribution in [2.45, 2.75) is 30.7 Å². The molecule has 3 heterocycles. The average molecular weight is 401 g/mol. The van der Waals surface area contributed by atoms with Gasteiger partial charge in [-0.2, -0.15) is 13.2 Å². The maximum atomic E-state index is 14.1. The molecule has 0 aliphatic carbocycles. The zero-order chi connectivity index (χ0) is 20.1. The third-order valence-corrected chi connectivity index (χ3v) is 5.51. The summed E-state index contributed by atoms with van der Waals surface area (Å²) in [6.45, 7) is 1.35. The van der Waals surface area contributed by atoms with Gasteiger partial charge in [0.1, 0.15) is 12.4 Å². The van der Waals surface area contributed by atoms with Crippen LogP contribution in [-0.2, 0) is 15.7 Å². The predicted molar refractivity (Wildman–Crippen MR) is 89.0 cm³/mol. The van der Waals surface area contributed by atoms with Crippen molar-refractivity contribution in [2.24, 2.45) is 0 Å². The molecular formula is C18H19F4N3O3. The summed E-state index contributed by atoms with van der Waals surface area (Å²) in [5, 5.41) is 2.82. The summed E-state index contributed by atoms with van der Waals surface area (Å²) in [6.07, 6.45) is -4.08. The molecule has 0 unspecified atom stereocenters. The first-order valence-corrected chi connectivity index (χ1v) is 9.04. The van der Waals surface area contributed by atoms with Crippen molar-refractivity contribution in [3.8, 4) is 0 Å². The second-order valence-electron chi connectivity index (χ2n) is 7.38. The minimum absolute atomic E-state index is 0.0294. The number of carbonyl (C=O) groups excluding carboxylic acids is 2. The van der Waals surface area contributed by atoms with Crippen molar-refractivity contribution in [2.75, 3.05) is 32.8 Å². The molecule has 3 aliphatic rings. The predicted octanol–water partition coefficient (Wildman–Crippen LogP) is 1.95. The Hall–Kier alpha value is -2.36. The van der Waals surface area contributed by atoms with Gasteiger partial charge in [-0.15, -0.1) is 0 Å². The molecule has 0 saturated carbocycles. The van der Waals surface area contributed by atoms with Crippen LogP contribution in [0.1, 0.15) is 23.5 Å². The molecule has 2 atom stereocenters. The minimum Gasteiger partial charge on any atom is -0.366 e. The maximum Gasteiger partial charge on any atom is 0.416 e. The third-order valence-electron chi connectivity index (χ3n) is 5.51. The van der Waals surface area contributed by atoms with Gasteiger partial charge in [-0.3, -0.25) is 4.79 Å². The molecule has 0 spiro atoms. The molecule has 0 radical (unpaired) electrons. The van der Waals surface area contributed by atoms with Gasteiger partial charge < -0.3 is 19.9 Å². The molecule has 0 aromatic heterocycles. The molecule has 6 nitrogen and oxygen atoms in total. The lowest BCUT2D eigenvalue weighted by Crippen LogP contribution is -2.63. The van der Waals surface area contributed by atoms with E-state index < -0.39 is 17.6 Å². The molecule has 3 fully saturated rings. The van der Waals surface area contributed by atoms with Gasteiger partial charge in [-0.05, 0) is 24.1 Å². The number of amides is 3. The van der Waals surface area contributed by atoms with Crippen molar-refractivity contribution in [1.29, 1.82) is 0 Å². The smallest absolute Gasteiger partial charge is 0.366 e. The van der Waals surface area contributed by atoms with Crippen molar-refractivity contribution < 1.29 is 31.9 Å². The van der Waals surface area contributed by atoms with Crippen molar-refractivity contribution in [3.05, 3.63) is 35.1 Å². The molecule has 152 valence electrons. The van der Waals surface area contributed by atoms with Gasteiger partial charge in [-0.1, -0.05) is 6.07 Å². The molecule has 3 aliphatic heterocycles. The number of hydrogen-bond acceptors (Lipinski definition) is 3. The lowest BCUT2D eigenvalue weighted by atomic mass is 9.90. The number of fused-ring (bicyclic) bond motifs is 1. The van der Waals surface area contributed by atoms with E-state index in [2.05, 4.69) is 5.32 Å². The number of urea groups is 1. The summed E-state index contributed by atoms with van der Waals surface area (Å²) in [5.41, 5.74) is -0.843. The summed E-state index contributed by atoms with van der Waals surface area (Å²) in [6, 6.07) is 2.03. The van der Waals surface area contributed by atoms with Gasteiger partial charge in [-0.25, -0.2) is 9.18 Å². The van der Waals surface area contributed by atoms with Gasteiger partial charge in [0.05, 0.1) is 17.7 Å². The lowest BCUT2D eigenvalue weighted by molar-refractivity contribution is -0.140. The Morgan fingerprint density at radius 2 is 1.93 bits per heavy atom. The van der Waals surface area contributed by atoms with E-state index in [9.17, 15) is 27.2 Å². The molecule has 28 heavy (non-hydrogen) atoms. The number of halogens is 4. The highest BCUT2D eigenvalue weighted by molar-refractivity contribution is 5.79. The SMILES string of the molecule is O=C1CO[C@H]2CCN(C(=O)N3CC(c4ccc(C(F)(F)F)cc4F)C3)C[C@H]2N1. The fourth-order valence-corrected chi connectivity index (χ4v) is 3.94. The van der Waals surface area contributed by atoms with Gasteiger partial charge in [0.2, 0.25) is 5.91 Å². The number of alkyl halides is 3. The molecule has 1 N–H and O–H groups in total. The average Bonchev–Trinajstić information content (AvgIpc) is 2.60. The van der Waals surface area contributed by atoms with E-state index in [4.69, 9.17) is 4.74 Å². The van der Waals surface area contributed by atoms with E-state index in [1.807, 2.05) is 0 Å². The van der Waals surface area contributed by atoms with Crippen LogP contribution in [0.15, 0.2) is 18.2 Å². The van der Waals surface area contributed by atoms with Crippen LogP contribution < -0.4 is 5.32 Å². The molecule has 4 rings (SSSR count). The fraction of sp³-hybridized carbons (Fsp3) is 0.556. The lowest BCUT2D eigenvalue weighted by Gasteiger charge is -2.46. The second kappa shape index (κ2) is 6.91. The van der Waals surface area contributed by atoms with Crippen molar-refractivity contribution in [1.82, 2.24) is 15.1 Å². The van der Waals surface area contributed by atoms with Crippen LogP contribution in [0.2, 0.25) is 0 Å². The van der Waals surface area contributed by atoms with E-state index in [1.54, 1.807) is 4.90 Å². The molecule has 1 aromatic carbocycles. The number of piperidine rings is 1. The highest BCUT2D eigenvalue weighted by Gasteiger charge is 2.41. The van der Waals surface area contributed by atoms with E-state index in [0.29, 0.717) is 25.6 Å². The number of hydrogen-bond donors (Lipinski definition) is 1. The van der Waals surface area contributed by atoms with Gasteiger partial charge in [0.25, 0.3) is 0 Å². The van der Waals surface area contributed by atoms with Crippen LogP contribution in [0.4, 0.5) is 22.4 Å². The normalized spacial score (nSPS) is 25.8. The quantitative estimate of drug-likeness (QED) is 0.732. The minimum atomic E-state index is -4.59. The standard InChI is InChI=1S/C18H19F4N3O3/c19-13-5-11(18(20,21)22)1-2-12(13)10-6-25(7-10)17(27)24-4-3-15-14(8-24)23-16(26)9-28-15/h1-2,5,10,14-15H,3-4,6-9H2,(H,23,26)/t14-,15+/m1/s1. The largest absolute Gasteiger partial charge is 0.416 e. The number of morpholine rings is 1. The highest BCUT2D eigenvalue weighted by Crippen LogP contribution is 2.35. The zero-order valence-corrected chi connectivity index (χ0v) is 14.8. The Labute approximate surface area is 158 Å². The Balaban J connectivity index is 1.35. The summed E-state index contributed by atoms with van der Waals surface area (Å²) >= 11 is 0. The highest BCUT2D eigenvalue weighted by atomic mass is 19.4. The molecular weight excluding hydrogens is 382 g/mol. The Morgan fingerprint density at radius 3 is 2.61 bits per heavy atom. The van der Waals surface area contributed by atoms with E-state index in [-0.39, 0.29) is 55.3 Å². The van der Waals surface area contributed by atoms with Crippen molar-refractivity contribution in [3.63, 3.8) is 0 Å². The number of nitrogens with one attached hydrogen (secondary N) is 1. The number of benzene rings is 1. The monoisotopic (exact) mass is 401 g/mol. The first-order valence-electron chi connectivity index (χ1n) is 9.04. The van der Waals surface area contributed by atoms with E-state index in [0.717, 1.165) is 12.1 Å². The number of nitrogens with zero attached hydrogens (tertiary/aromatic N) is 2. The van der Waals surface area contributed by atoms with Crippen LogP contribution in [0.5, 0.6) is 0 Å². The van der Waals surface area contributed by atoms with Crippen LogP contribution in [0, 0.1) is 5.82 Å². The first kappa shape index (κ1) is 19.0. The Kier molecular flexibility index (Phi) is 4.68. The van der Waals surface area contributed by atoms with Crippen molar-refractivity contribution >= 4 is 11.9 Å². The number of likely N-dealkylation sites (tertiary alicyclic amines) is 2. The molecule has 0 bridgehead atoms. The first-order chi connectivity index (χ1) is 13.2. The van der Waals surface area contributed by atoms with E-state index in [1.165, 1.54) is 4.90 Å². The van der Waals surface area contributed by atoms with Gasteiger partial charge >= 0.3 is 12.2 Å². The van der Waals surface area contributed by atoms with Crippen LogP contribution in [-0.4, -0.2) is 66.7 Å². The second-order valence-corrected chi connectivity index (χ2v) is 7.38. The third kappa shape index (κ3) is 3.52. The van der Waals surface area contributed by atoms with Crippen LogP contribution in [0.3, 0.4) is 0 Å². The Bertz CT molecular complexity index is 795. The summed E-state index contributed by atoms with van der Waals surface area (Å²) < 4.78 is 57.5. The topological polar surface area (TPSA) is 61.9 Å². The molecule has 1 aromatic rings. The Morgan fingerprint density at radius 1 is 1.18 bits per heavy atom. The maximum absolute atomic E-state index is 14.1. The van der Waals surface area contributed by atoms with Crippen LogP contribution in [0.25, 0.3) is 0 Å². The number of rotatable bonds is 1. The molecule has 10 heteroatoms. The molecule has 3 saturated heterocycles. The number of carbonyl (C=O) groups is 2. The summed E-state index contributed by atoms with van der Waals surface area (Å²) in [4.78, 5) is 27.3. The summed E-state index contributed by atoms with van der Waals surface area (Å²) in [7, 11) is 0. The summed E-state index contributed by atoms with van der Waals surface area (Å²) in [5.74, 6) is -1.45. The molecule has 3 amide bonds. The van der Waals surface area contributed by atoms with Gasteiger partial charge in [0, 0.05) is 32.1 Å². The van der Waals surface area contributed by atoms with E-state index >= 15 is 0 Å². The van der Waals surface area contributed by atoms with Crippen LogP contribution >= 0.6 is 0 Å². The number of ether oxygens (including phenoxy) is 1. The zero-order valence-electron chi connectivity index (χ0n) is 14.8. The van der Waals surface area contributed by atoms with Gasteiger partial charge in [0.15, 0.2) is 0 Å². The fourth-order valence-electron chi connectivity index (χ4n) is 3.94.